The molecule has 1 atom stereocenters. The summed E-state index contributed by atoms with van der Waals surface area (Å²) in [5.41, 5.74) is 4.30. The molecule has 1 nitrogen and oxygen atoms in total. The fourth-order valence-corrected chi connectivity index (χ4v) is 3.42. The second-order valence-electron chi connectivity index (χ2n) is 5.43. The average Bonchev–Trinajstić information content (AvgIpc) is 2.47. The number of halogens is 1. The highest BCUT2D eigenvalue weighted by molar-refractivity contribution is 7.98. The minimum Gasteiger partial charge on any atom is -0.313 e. The van der Waals surface area contributed by atoms with Crippen LogP contribution in [0, 0.1) is 19.7 Å². The Labute approximate surface area is 131 Å². The molecule has 1 unspecified atom stereocenters. The standard InChI is InChI=1S/C18H22FNS/c1-12-6-5-7-15(8-12)11-21-18-9-13(2)17(19)10-16(18)14(3)20-4/h5-10,14,20H,11H2,1-4H3. The molecule has 2 rings (SSSR count). The van der Waals surface area contributed by atoms with E-state index in [1.165, 1.54) is 11.1 Å². The van der Waals surface area contributed by atoms with Crippen LogP contribution in [0.2, 0.25) is 0 Å². The third-order valence-corrected chi connectivity index (χ3v) is 4.81. The third-order valence-electron chi connectivity index (χ3n) is 3.67. The van der Waals surface area contributed by atoms with Crippen LogP contribution in [0.3, 0.4) is 0 Å². The molecule has 0 amide bonds. The number of rotatable bonds is 5. The molecule has 0 radical (unpaired) electrons. The Balaban J connectivity index is 2.24. The van der Waals surface area contributed by atoms with Gasteiger partial charge in [0, 0.05) is 16.7 Å². The number of thioether (sulfide) groups is 1. The molecule has 0 aromatic heterocycles. The smallest absolute Gasteiger partial charge is 0.126 e. The highest BCUT2D eigenvalue weighted by Gasteiger charge is 2.13. The lowest BCUT2D eigenvalue weighted by Crippen LogP contribution is -2.13. The molecule has 1 N–H and O–H groups in total. The first kappa shape index (κ1) is 16.1. The Hall–Kier alpha value is -1.32. The van der Waals surface area contributed by atoms with Crippen molar-refractivity contribution in [1.82, 2.24) is 5.32 Å². The van der Waals surface area contributed by atoms with Gasteiger partial charge in [-0.2, -0.15) is 0 Å². The van der Waals surface area contributed by atoms with Crippen molar-refractivity contribution >= 4 is 11.8 Å². The maximum atomic E-state index is 13.8. The van der Waals surface area contributed by atoms with Gasteiger partial charge in [-0.15, -0.1) is 11.8 Å². The minimum absolute atomic E-state index is 0.132. The molecule has 21 heavy (non-hydrogen) atoms. The summed E-state index contributed by atoms with van der Waals surface area (Å²) >= 11 is 1.77. The number of aryl methyl sites for hydroxylation is 2. The molecule has 0 spiro atoms. The normalized spacial score (nSPS) is 12.4. The van der Waals surface area contributed by atoms with Crippen LogP contribution < -0.4 is 5.32 Å². The Kier molecular flexibility index (Phi) is 5.43. The van der Waals surface area contributed by atoms with Gasteiger partial charge in [0.2, 0.25) is 0 Å². The van der Waals surface area contributed by atoms with E-state index in [1.54, 1.807) is 17.8 Å². The van der Waals surface area contributed by atoms with E-state index in [4.69, 9.17) is 0 Å². The van der Waals surface area contributed by atoms with Crippen molar-refractivity contribution in [3.8, 4) is 0 Å². The van der Waals surface area contributed by atoms with Gasteiger partial charge in [0.15, 0.2) is 0 Å². The van der Waals surface area contributed by atoms with E-state index in [9.17, 15) is 4.39 Å². The monoisotopic (exact) mass is 303 g/mol. The summed E-state index contributed by atoms with van der Waals surface area (Å²) in [6.07, 6.45) is 0. The molecular formula is C18H22FNS. The maximum absolute atomic E-state index is 13.8. The average molecular weight is 303 g/mol. The molecule has 0 aliphatic heterocycles. The largest absolute Gasteiger partial charge is 0.313 e. The highest BCUT2D eigenvalue weighted by atomic mass is 32.2. The first-order valence-electron chi connectivity index (χ1n) is 7.17. The van der Waals surface area contributed by atoms with E-state index in [0.717, 1.165) is 16.2 Å². The van der Waals surface area contributed by atoms with Gasteiger partial charge in [0.25, 0.3) is 0 Å². The van der Waals surface area contributed by atoms with Crippen LogP contribution in [0.15, 0.2) is 41.3 Å². The number of benzene rings is 2. The van der Waals surface area contributed by atoms with Gasteiger partial charge in [-0.1, -0.05) is 29.8 Å². The molecule has 0 bridgehead atoms. The van der Waals surface area contributed by atoms with E-state index in [1.807, 2.05) is 20.0 Å². The van der Waals surface area contributed by atoms with Gasteiger partial charge in [0.1, 0.15) is 5.82 Å². The van der Waals surface area contributed by atoms with Crippen molar-refractivity contribution in [1.29, 1.82) is 0 Å². The zero-order valence-corrected chi connectivity index (χ0v) is 13.9. The second-order valence-corrected chi connectivity index (χ2v) is 6.44. The molecule has 0 saturated heterocycles. The van der Waals surface area contributed by atoms with Crippen LogP contribution in [0.25, 0.3) is 0 Å². The molecule has 2 aromatic carbocycles. The Morgan fingerprint density at radius 3 is 2.62 bits per heavy atom. The van der Waals surface area contributed by atoms with E-state index in [0.29, 0.717) is 5.56 Å². The predicted molar refractivity (Wildman–Crippen MR) is 89.4 cm³/mol. The molecule has 0 aliphatic carbocycles. The lowest BCUT2D eigenvalue weighted by molar-refractivity contribution is 0.594. The van der Waals surface area contributed by atoms with Crippen molar-refractivity contribution in [3.63, 3.8) is 0 Å². The van der Waals surface area contributed by atoms with Gasteiger partial charge >= 0.3 is 0 Å². The summed E-state index contributed by atoms with van der Waals surface area (Å²) in [5, 5.41) is 3.20. The molecule has 0 saturated carbocycles. The SMILES string of the molecule is CNC(C)c1cc(F)c(C)cc1SCc1cccc(C)c1. The van der Waals surface area contributed by atoms with Crippen molar-refractivity contribution in [3.05, 3.63) is 64.5 Å². The van der Waals surface area contributed by atoms with Crippen LogP contribution in [0.4, 0.5) is 4.39 Å². The summed E-state index contributed by atoms with van der Waals surface area (Å²) in [7, 11) is 1.90. The Morgan fingerprint density at radius 2 is 1.95 bits per heavy atom. The maximum Gasteiger partial charge on any atom is 0.126 e. The third kappa shape index (κ3) is 4.08. The van der Waals surface area contributed by atoms with Crippen LogP contribution in [-0.2, 0) is 5.75 Å². The molecule has 0 heterocycles. The van der Waals surface area contributed by atoms with Crippen molar-refractivity contribution < 1.29 is 4.39 Å². The summed E-state index contributed by atoms with van der Waals surface area (Å²) in [4.78, 5) is 1.15. The summed E-state index contributed by atoms with van der Waals surface area (Å²) < 4.78 is 13.8. The van der Waals surface area contributed by atoms with E-state index >= 15 is 0 Å². The number of nitrogens with one attached hydrogen (secondary N) is 1. The second kappa shape index (κ2) is 7.10. The van der Waals surface area contributed by atoms with Crippen molar-refractivity contribution in [2.75, 3.05) is 7.05 Å². The van der Waals surface area contributed by atoms with Gasteiger partial charge in [0.05, 0.1) is 0 Å². The zero-order valence-electron chi connectivity index (χ0n) is 13.0. The van der Waals surface area contributed by atoms with Gasteiger partial charge in [-0.05, 0) is 56.6 Å². The summed E-state index contributed by atoms with van der Waals surface area (Å²) in [6, 6.07) is 12.3. The lowest BCUT2D eigenvalue weighted by Gasteiger charge is -2.17. The predicted octanol–water partition coefficient (Wildman–Crippen LogP) is 5.02. The molecule has 3 heteroatoms. The number of hydrogen-bond acceptors (Lipinski definition) is 2. The summed E-state index contributed by atoms with van der Waals surface area (Å²) in [5.74, 6) is 0.767. The van der Waals surface area contributed by atoms with Crippen LogP contribution in [0.5, 0.6) is 0 Å². The fraction of sp³-hybridized carbons (Fsp3) is 0.333. The van der Waals surface area contributed by atoms with E-state index in [-0.39, 0.29) is 11.9 Å². The lowest BCUT2D eigenvalue weighted by atomic mass is 10.1. The molecule has 112 valence electrons. The minimum atomic E-state index is -0.132. The van der Waals surface area contributed by atoms with Crippen LogP contribution >= 0.6 is 11.8 Å². The number of hydrogen-bond donors (Lipinski definition) is 1. The molecule has 2 aromatic rings. The Bertz CT molecular complexity index is 625. The topological polar surface area (TPSA) is 12.0 Å². The van der Waals surface area contributed by atoms with Crippen molar-refractivity contribution in [2.24, 2.45) is 0 Å². The van der Waals surface area contributed by atoms with Gasteiger partial charge < -0.3 is 5.32 Å². The zero-order chi connectivity index (χ0) is 15.4. The summed E-state index contributed by atoms with van der Waals surface area (Å²) in [6.45, 7) is 5.98. The Morgan fingerprint density at radius 1 is 1.19 bits per heavy atom. The highest BCUT2D eigenvalue weighted by Crippen LogP contribution is 2.32. The fourth-order valence-electron chi connectivity index (χ4n) is 2.25. The van der Waals surface area contributed by atoms with Gasteiger partial charge in [-0.3, -0.25) is 0 Å². The first-order valence-corrected chi connectivity index (χ1v) is 8.15. The quantitative estimate of drug-likeness (QED) is 0.779. The molecule has 0 aliphatic rings. The van der Waals surface area contributed by atoms with E-state index < -0.39 is 0 Å². The van der Waals surface area contributed by atoms with E-state index in [2.05, 4.69) is 43.4 Å². The first-order chi connectivity index (χ1) is 10.0. The van der Waals surface area contributed by atoms with Crippen LogP contribution in [-0.4, -0.2) is 7.05 Å². The molecule has 0 fully saturated rings. The molecular weight excluding hydrogens is 281 g/mol. The van der Waals surface area contributed by atoms with Crippen molar-refractivity contribution in [2.45, 2.75) is 37.5 Å². The van der Waals surface area contributed by atoms with Crippen LogP contribution in [0.1, 0.15) is 35.2 Å². The van der Waals surface area contributed by atoms with Gasteiger partial charge in [-0.25, -0.2) is 4.39 Å².